The first-order chi connectivity index (χ1) is 6.19. The molecule has 0 aromatic heterocycles. The van der Waals surface area contributed by atoms with Crippen LogP contribution in [0, 0.1) is 11.8 Å². The van der Waals surface area contributed by atoms with Crippen LogP contribution in [0.2, 0.25) is 0 Å². The third kappa shape index (κ3) is 2.59. The second kappa shape index (κ2) is 4.83. The fraction of sp³-hybridized carbons (Fsp3) is 0.846. The van der Waals surface area contributed by atoms with E-state index in [1.165, 1.54) is 32.1 Å². The Morgan fingerprint density at radius 2 is 1.54 bits per heavy atom. The van der Waals surface area contributed by atoms with Crippen LogP contribution in [-0.2, 0) is 0 Å². The molecule has 0 radical (unpaired) electrons. The van der Waals surface area contributed by atoms with E-state index in [4.69, 9.17) is 0 Å². The lowest BCUT2D eigenvalue weighted by Crippen LogP contribution is -2.19. The molecule has 1 aliphatic rings. The van der Waals surface area contributed by atoms with E-state index in [2.05, 4.69) is 27.7 Å². The molecule has 0 aromatic carbocycles. The minimum absolute atomic E-state index is 0.976. The number of hydrogen-bond donors (Lipinski definition) is 0. The van der Waals surface area contributed by atoms with Crippen LogP contribution in [0.1, 0.15) is 59.8 Å². The van der Waals surface area contributed by atoms with Crippen LogP contribution in [0.4, 0.5) is 0 Å². The predicted octanol–water partition coefficient (Wildman–Crippen LogP) is 4.56. The molecular weight excluding hydrogens is 156 g/mol. The van der Waals surface area contributed by atoms with Crippen molar-refractivity contribution in [3.05, 3.63) is 11.1 Å². The Hall–Kier alpha value is -0.260. The maximum atomic E-state index is 2.35. The first-order valence-corrected chi connectivity index (χ1v) is 5.84. The largest absolute Gasteiger partial charge is 0.0741 e. The molecule has 0 aliphatic heterocycles. The van der Waals surface area contributed by atoms with Crippen LogP contribution in [0.15, 0.2) is 11.1 Å². The van der Waals surface area contributed by atoms with Crippen molar-refractivity contribution in [2.24, 2.45) is 11.8 Å². The van der Waals surface area contributed by atoms with Gasteiger partial charge in [0.2, 0.25) is 0 Å². The molecule has 0 bridgehead atoms. The molecular formula is C13H24. The zero-order valence-electron chi connectivity index (χ0n) is 9.69. The van der Waals surface area contributed by atoms with Gasteiger partial charge in [-0.25, -0.2) is 0 Å². The monoisotopic (exact) mass is 180 g/mol. The lowest BCUT2D eigenvalue weighted by molar-refractivity contribution is 0.279. The lowest BCUT2D eigenvalue weighted by atomic mass is 9.73. The minimum atomic E-state index is 0.976. The van der Waals surface area contributed by atoms with Gasteiger partial charge in [-0.15, -0.1) is 0 Å². The lowest BCUT2D eigenvalue weighted by Gasteiger charge is -2.32. The van der Waals surface area contributed by atoms with Gasteiger partial charge >= 0.3 is 0 Å². The summed E-state index contributed by atoms with van der Waals surface area (Å²) >= 11 is 0. The van der Waals surface area contributed by atoms with Crippen molar-refractivity contribution in [2.45, 2.75) is 59.8 Å². The molecule has 0 fully saturated rings. The van der Waals surface area contributed by atoms with Crippen molar-refractivity contribution >= 4 is 0 Å². The van der Waals surface area contributed by atoms with Crippen molar-refractivity contribution in [3.8, 4) is 0 Å². The first kappa shape index (κ1) is 10.8. The summed E-state index contributed by atoms with van der Waals surface area (Å²) in [6, 6.07) is 0. The summed E-state index contributed by atoms with van der Waals surface area (Å²) in [6.07, 6.45) is 6.90. The Balaban J connectivity index is 2.64. The van der Waals surface area contributed by atoms with Crippen molar-refractivity contribution in [3.63, 3.8) is 0 Å². The Morgan fingerprint density at radius 1 is 1.00 bits per heavy atom. The fourth-order valence-electron chi connectivity index (χ4n) is 2.65. The van der Waals surface area contributed by atoms with Gasteiger partial charge in [0, 0.05) is 0 Å². The van der Waals surface area contributed by atoms with Crippen LogP contribution in [0.5, 0.6) is 0 Å². The van der Waals surface area contributed by atoms with Gasteiger partial charge in [0.1, 0.15) is 0 Å². The van der Waals surface area contributed by atoms with Gasteiger partial charge in [0.15, 0.2) is 0 Å². The molecule has 13 heavy (non-hydrogen) atoms. The summed E-state index contributed by atoms with van der Waals surface area (Å²) in [6.45, 7) is 9.30. The minimum Gasteiger partial charge on any atom is -0.0741 e. The topological polar surface area (TPSA) is 0 Å². The quantitative estimate of drug-likeness (QED) is 0.558. The summed E-state index contributed by atoms with van der Waals surface area (Å²) in [4.78, 5) is 0. The third-order valence-corrected chi connectivity index (χ3v) is 3.72. The van der Waals surface area contributed by atoms with E-state index >= 15 is 0 Å². The molecule has 76 valence electrons. The summed E-state index contributed by atoms with van der Waals surface area (Å²) < 4.78 is 0. The van der Waals surface area contributed by atoms with Crippen molar-refractivity contribution in [1.82, 2.24) is 0 Å². The summed E-state index contributed by atoms with van der Waals surface area (Å²) in [5.74, 6) is 1.96. The highest BCUT2D eigenvalue weighted by Crippen LogP contribution is 2.37. The molecule has 0 spiro atoms. The highest BCUT2D eigenvalue weighted by molar-refractivity contribution is 5.15. The van der Waals surface area contributed by atoms with E-state index in [1.807, 2.05) is 0 Å². The highest BCUT2D eigenvalue weighted by atomic mass is 14.3. The molecule has 0 nitrogen and oxygen atoms in total. The summed E-state index contributed by atoms with van der Waals surface area (Å²) in [7, 11) is 0. The Morgan fingerprint density at radius 3 is 2.00 bits per heavy atom. The Kier molecular flexibility index (Phi) is 4.02. The number of hydrogen-bond acceptors (Lipinski definition) is 0. The van der Waals surface area contributed by atoms with Crippen LogP contribution >= 0.6 is 0 Å². The Labute approximate surface area is 83.4 Å². The van der Waals surface area contributed by atoms with Crippen LogP contribution < -0.4 is 0 Å². The van der Waals surface area contributed by atoms with Gasteiger partial charge in [-0.05, 0) is 38.5 Å². The maximum absolute atomic E-state index is 2.35. The van der Waals surface area contributed by atoms with E-state index in [0.29, 0.717) is 0 Å². The van der Waals surface area contributed by atoms with E-state index in [9.17, 15) is 0 Å². The first-order valence-electron chi connectivity index (χ1n) is 5.84. The average Bonchev–Trinajstić information content (AvgIpc) is 2.11. The zero-order chi connectivity index (χ0) is 9.84. The van der Waals surface area contributed by atoms with Crippen molar-refractivity contribution in [2.75, 3.05) is 0 Å². The normalized spacial score (nSPS) is 29.5. The second-order valence-electron chi connectivity index (χ2n) is 4.69. The predicted molar refractivity (Wildman–Crippen MR) is 59.8 cm³/mol. The summed E-state index contributed by atoms with van der Waals surface area (Å²) in [5, 5.41) is 0. The standard InChI is InChI=1S/C13H24/c1-5-7-13-9-11(4)10(3)8-12(13)6-2/h12-13H,5-9H2,1-4H3. The zero-order valence-corrected chi connectivity index (χ0v) is 9.69. The van der Waals surface area contributed by atoms with Gasteiger partial charge < -0.3 is 0 Å². The maximum Gasteiger partial charge on any atom is -0.0289 e. The van der Waals surface area contributed by atoms with E-state index < -0.39 is 0 Å². The molecule has 1 rings (SSSR count). The highest BCUT2D eigenvalue weighted by Gasteiger charge is 2.24. The summed E-state index contributed by atoms with van der Waals surface area (Å²) in [5.41, 5.74) is 3.34. The van der Waals surface area contributed by atoms with Crippen LogP contribution in [0.3, 0.4) is 0 Å². The smallest absolute Gasteiger partial charge is 0.0289 e. The van der Waals surface area contributed by atoms with Crippen molar-refractivity contribution in [1.29, 1.82) is 0 Å². The molecule has 0 N–H and O–H groups in total. The van der Waals surface area contributed by atoms with E-state index in [1.54, 1.807) is 11.1 Å². The molecule has 0 heterocycles. The van der Waals surface area contributed by atoms with Gasteiger partial charge in [0.05, 0.1) is 0 Å². The van der Waals surface area contributed by atoms with Gasteiger partial charge in [-0.2, -0.15) is 0 Å². The van der Waals surface area contributed by atoms with Crippen molar-refractivity contribution < 1.29 is 0 Å². The Bertz CT molecular complexity index is 188. The van der Waals surface area contributed by atoms with E-state index in [-0.39, 0.29) is 0 Å². The molecule has 0 heteroatoms. The average molecular weight is 180 g/mol. The number of rotatable bonds is 3. The molecule has 2 atom stereocenters. The van der Waals surface area contributed by atoms with Crippen LogP contribution in [0.25, 0.3) is 0 Å². The van der Waals surface area contributed by atoms with E-state index in [0.717, 1.165) is 11.8 Å². The molecule has 1 aliphatic carbocycles. The van der Waals surface area contributed by atoms with Gasteiger partial charge in [-0.1, -0.05) is 44.3 Å². The molecule has 0 saturated carbocycles. The number of allylic oxidation sites excluding steroid dienone is 2. The molecule has 2 unspecified atom stereocenters. The molecule has 0 amide bonds. The van der Waals surface area contributed by atoms with Crippen LogP contribution in [-0.4, -0.2) is 0 Å². The molecule has 0 aromatic rings. The molecule has 0 saturated heterocycles. The fourth-order valence-corrected chi connectivity index (χ4v) is 2.65. The SMILES string of the molecule is CCCC1CC(C)=C(C)CC1CC. The third-order valence-electron chi connectivity index (χ3n) is 3.72. The van der Waals surface area contributed by atoms with Gasteiger partial charge in [0.25, 0.3) is 0 Å². The van der Waals surface area contributed by atoms with Gasteiger partial charge in [-0.3, -0.25) is 0 Å². The second-order valence-corrected chi connectivity index (χ2v) is 4.69.